The van der Waals surface area contributed by atoms with Crippen molar-refractivity contribution >= 4 is 6.92 Å². The molecule has 0 amide bonds. The van der Waals surface area contributed by atoms with E-state index in [2.05, 4.69) is 30.3 Å². The Bertz CT molecular complexity index is 343. The van der Waals surface area contributed by atoms with E-state index in [0.29, 0.717) is 6.92 Å². The fourth-order valence-corrected chi connectivity index (χ4v) is 3.84. The molecule has 1 aromatic carbocycles. The van der Waals surface area contributed by atoms with Crippen LogP contribution < -0.4 is 0 Å². The minimum absolute atomic E-state index is 0.580. The van der Waals surface area contributed by atoms with E-state index in [4.69, 9.17) is 4.65 Å². The van der Waals surface area contributed by atoms with Crippen LogP contribution >= 0.6 is 0 Å². The third kappa shape index (κ3) is 2.80. The van der Waals surface area contributed by atoms with E-state index in [1.165, 1.54) is 44.1 Å². The molecule has 0 spiro atoms. The lowest BCUT2D eigenvalue weighted by atomic mass is 9.38. The Kier molecular flexibility index (Phi) is 4.04. The van der Waals surface area contributed by atoms with Gasteiger partial charge in [0.1, 0.15) is 0 Å². The van der Waals surface area contributed by atoms with E-state index in [-0.39, 0.29) is 0 Å². The topological polar surface area (TPSA) is 9.23 Å². The summed E-state index contributed by atoms with van der Waals surface area (Å²) < 4.78 is 6.25. The van der Waals surface area contributed by atoms with Gasteiger partial charge in [-0.2, -0.15) is 0 Å². The van der Waals surface area contributed by atoms with Gasteiger partial charge in [-0.25, -0.2) is 0 Å². The summed E-state index contributed by atoms with van der Waals surface area (Å²) in [5.41, 5.74) is 1.40. The Balaban J connectivity index is 1.50. The quantitative estimate of drug-likeness (QED) is 0.713. The molecule has 96 valence electrons. The van der Waals surface area contributed by atoms with Crippen molar-refractivity contribution in [2.24, 2.45) is 0 Å². The molecule has 2 saturated heterocycles. The van der Waals surface area contributed by atoms with Crippen LogP contribution in [0, 0.1) is 0 Å². The number of rotatable bonds is 4. The molecule has 0 aromatic heterocycles. The third-order valence-electron chi connectivity index (χ3n) is 4.77. The van der Waals surface area contributed by atoms with Crippen molar-refractivity contribution in [3.05, 3.63) is 35.9 Å². The maximum atomic E-state index is 6.25. The molecule has 0 radical (unpaired) electrons. The van der Waals surface area contributed by atoms with Gasteiger partial charge in [-0.1, -0.05) is 68.9 Å². The molecule has 0 saturated carbocycles. The Morgan fingerprint density at radius 1 is 0.944 bits per heavy atom. The molecule has 1 aromatic rings. The van der Waals surface area contributed by atoms with Crippen molar-refractivity contribution in [3.63, 3.8) is 0 Å². The second-order valence-corrected chi connectivity index (χ2v) is 5.95. The van der Waals surface area contributed by atoms with Crippen LogP contribution in [0.4, 0.5) is 0 Å². The van der Waals surface area contributed by atoms with Gasteiger partial charge in [-0.15, -0.1) is 0 Å². The minimum Gasteiger partial charge on any atom is -0.435 e. The Labute approximate surface area is 111 Å². The number of fused-ring (bicyclic) bond motifs is 2. The predicted octanol–water partition coefficient (Wildman–Crippen LogP) is 4.35. The SMILES string of the molecule is c1ccc(CCOB2C3CCCC2CCC3)cc1. The first-order valence-corrected chi connectivity index (χ1v) is 7.59. The molecule has 2 fully saturated rings. The molecule has 2 bridgehead atoms. The van der Waals surface area contributed by atoms with Crippen molar-refractivity contribution in [1.29, 1.82) is 0 Å². The maximum Gasteiger partial charge on any atom is 0.299 e. The van der Waals surface area contributed by atoms with E-state index in [1.807, 2.05) is 0 Å². The summed E-state index contributed by atoms with van der Waals surface area (Å²) in [5, 5.41) is 0. The summed E-state index contributed by atoms with van der Waals surface area (Å²) >= 11 is 0. The molecule has 0 unspecified atom stereocenters. The normalized spacial score (nSPS) is 27.2. The number of hydrogen-bond donors (Lipinski definition) is 0. The molecule has 0 N–H and O–H groups in total. The Hall–Kier alpha value is -0.755. The summed E-state index contributed by atoms with van der Waals surface area (Å²) in [6, 6.07) is 10.7. The van der Waals surface area contributed by atoms with Crippen molar-refractivity contribution in [2.45, 2.75) is 56.6 Å². The lowest BCUT2D eigenvalue weighted by Crippen LogP contribution is -2.37. The van der Waals surface area contributed by atoms with Gasteiger partial charge in [0.05, 0.1) is 0 Å². The van der Waals surface area contributed by atoms with Crippen molar-refractivity contribution in [1.82, 2.24) is 0 Å². The molecule has 2 aliphatic rings. The first kappa shape index (κ1) is 12.3. The highest BCUT2D eigenvalue weighted by molar-refractivity contribution is 6.56. The summed E-state index contributed by atoms with van der Waals surface area (Å²) in [6.07, 6.45) is 9.58. The van der Waals surface area contributed by atoms with Gasteiger partial charge >= 0.3 is 0 Å². The summed E-state index contributed by atoms with van der Waals surface area (Å²) in [5.74, 6) is 1.74. The van der Waals surface area contributed by atoms with Crippen LogP contribution in [0.2, 0.25) is 11.6 Å². The maximum absolute atomic E-state index is 6.25. The van der Waals surface area contributed by atoms with E-state index >= 15 is 0 Å². The number of benzene rings is 1. The van der Waals surface area contributed by atoms with E-state index in [0.717, 1.165) is 24.7 Å². The van der Waals surface area contributed by atoms with E-state index in [1.54, 1.807) is 0 Å². The van der Waals surface area contributed by atoms with Crippen molar-refractivity contribution < 1.29 is 4.65 Å². The van der Waals surface area contributed by atoms with Crippen LogP contribution in [0.3, 0.4) is 0 Å². The molecule has 18 heavy (non-hydrogen) atoms. The van der Waals surface area contributed by atoms with Gasteiger partial charge in [-0.3, -0.25) is 0 Å². The van der Waals surface area contributed by atoms with Gasteiger partial charge in [0.25, 0.3) is 6.92 Å². The van der Waals surface area contributed by atoms with Crippen LogP contribution in [0.15, 0.2) is 30.3 Å². The van der Waals surface area contributed by atoms with Crippen LogP contribution in [0.25, 0.3) is 0 Å². The zero-order valence-electron chi connectivity index (χ0n) is 11.2. The van der Waals surface area contributed by atoms with Crippen LogP contribution in [0.1, 0.15) is 44.1 Å². The molecule has 2 aliphatic heterocycles. The molecule has 0 atom stereocenters. The summed E-state index contributed by atoms with van der Waals surface area (Å²) in [7, 11) is 0. The minimum atomic E-state index is 0.580. The van der Waals surface area contributed by atoms with E-state index < -0.39 is 0 Å². The summed E-state index contributed by atoms with van der Waals surface area (Å²) in [6.45, 7) is 1.48. The lowest BCUT2D eigenvalue weighted by molar-refractivity contribution is 0.271. The average Bonchev–Trinajstić information content (AvgIpc) is 2.39. The molecule has 2 heteroatoms. The Morgan fingerprint density at radius 2 is 1.56 bits per heavy atom. The molecule has 3 rings (SSSR count). The van der Waals surface area contributed by atoms with Gasteiger partial charge in [0.2, 0.25) is 0 Å². The molecule has 1 nitrogen and oxygen atoms in total. The van der Waals surface area contributed by atoms with Gasteiger partial charge in [0.15, 0.2) is 0 Å². The van der Waals surface area contributed by atoms with Crippen molar-refractivity contribution in [3.8, 4) is 0 Å². The smallest absolute Gasteiger partial charge is 0.299 e. The zero-order chi connectivity index (χ0) is 12.2. The average molecular weight is 242 g/mol. The fourth-order valence-electron chi connectivity index (χ4n) is 3.84. The highest BCUT2D eigenvalue weighted by Crippen LogP contribution is 2.46. The van der Waals surface area contributed by atoms with Crippen LogP contribution in [-0.4, -0.2) is 13.5 Å². The standard InChI is InChI=1S/C16H23BO/c1-2-6-14(7-3-1)12-13-18-17-15-8-4-9-16(17)11-5-10-15/h1-3,6-7,15-16H,4-5,8-13H2. The van der Waals surface area contributed by atoms with Crippen molar-refractivity contribution in [2.75, 3.05) is 6.61 Å². The van der Waals surface area contributed by atoms with Gasteiger partial charge < -0.3 is 4.65 Å². The zero-order valence-corrected chi connectivity index (χ0v) is 11.2. The van der Waals surface area contributed by atoms with E-state index in [9.17, 15) is 0 Å². The molecular formula is C16H23BO. The fraction of sp³-hybridized carbons (Fsp3) is 0.625. The third-order valence-corrected chi connectivity index (χ3v) is 4.77. The largest absolute Gasteiger partial charge is 0.435 e. The Morgan fingerprint density at radius 3 is 2.17 bits per heavy atom. The van der Waals surface area contributed by atoms with Crippen LogP contribution in [0.5, 0.6) is 0 Å². The highest BCUT2D eigenvalue weighted by Gasteiger charge is 2.40. The first-order valence-electron chi connectivity index (χ1n) is 7.59. The molecule has 2 heterocycles. The number of hydrogen-bond acceptors (Lipinski definition) is 1. The second kappa shape index (κ2) is 5.92. The molecular weight excluding hydrogens is 219 g/mol. The van der Waals surface area contributed by atoms with Gasteiger partial charge in [-0.05, 0) is 23.6 Å². The second-order valence-electron chi connectivity index (χ2n) is 5.95. The summed E-state index contributed by atoms with van der Waals surface area (Å²) in [4.78, 5) is 0. The van der Waals surface area contributed by atoms with Gasteiger partial charge in [0, 0.05) is 6.61 Å². The molecule has 0 aliphatic carbocycles. The monoisotopic (exact) mass is 242 g/mol. The van der Waals surface area contributed by atoms with Crippen LogP contribution in [-0.2, 0) is 11.1 Å². The highest BCUT2D eigenvalue weighted by atomic mass is 16.4. The first-order chi connectivity index (χ1) is 8.93. The predicted molar refractivity (Wildman–Crippen MR) is 77.1 cm³/mol. The lowest BCUT2D eigenvalue weighted by Gasteiger charge is -2.39.